The number of non-ortho nitro benzene ring substituents is 1. The predicted octanol–water partition coefficient (Wildman–Crippen LogP) is 6.54. The second-order valence-corrected chi connectivity index (χ2v) is 8.44. The SMILES string of the molecule is COc1cc(/C=C\c2cc(Br)c(OC)c(N=CCC(=O)c3ccc([N+](=O)[O-])cc3)c2)cc(OC)c1OC. The Balaban J connectivity index is 1.83. The number of ether oxygens (including phenoxy) is 4. The number of hydrogen-bond acceptors (Lipinski definition) is 8. The molecule has 0 saturated heterocycles. The topological polar surface area (TPSA) is 109 Å². The zero-order chi connectivity index (χ0) is 26.9. The molecular weight excluding hydrogens is 544 g/mol. The fourth-order valence-electron chi connectivity index (χ4n) is 3.50. The van der Waals surface area contributed by atoms with Crippen LogP contribution in [0.4, 0.5) is 11.4 Å². The first-order valence-electron chi connectivity index (χ1n) is 11.0. The molecule has 9 nitrogen and oxygen atoms in total. The summed E-state index contributed by atoms with van der Waals surface area (Å²) in [4.78, 5) is 27.2. The maximum Gasteiger partial charge on any atom is 0.269 e. The van der Waals surface area contributed by atoms with Gasteiger partial charge in [0.15, 0.2) is 23.0 Å². The first-order valence-corrected chi connectivity index (χ1v) is 11.8. The van der Waals surface area contributed by atoms with Gasteiger partial charge in [-0.25, -0.2) is 0 Å². The Hall–Kier alpha value is -4.18. The third kappa shape index (κ3) is 6.73. The zero-order valence-electron chi connectivity index (χ0n) is 20.7. The van der Waals surface area contributed by atoms with E-state index in [2.05, 4.69) is 20.9 Å². The van der Waals surface area contributed by atoms with E-state index in [0.29, 0.717) is 38.7 Å². The molecular formula is C27H25BrN2O7. The monoisotopic (exact) mass is 568 g/mol. The molecule has 3 aromatic rings. The molecule has 0 fully saturated rings. The highest BCUT2D eigenvalue weighted by atomic mass is 79.9. The molecule has 0 spiro atoms. The Kier molecular flexibility index (Phi) is 9.39. The fraction of sp³-hybridized carbons (Fsp3) is 0.185. The molecule has 0 aliphatic rings. The largest absolute Gasteiger partial charge is 0.493 e. The van der Waals surface area contributed by atoms with Crippen molar-refractivity contribution in [2.45, 2.75) is 6.42 Å². The molecule has 0 atom stereocenters. The first kappa shape index (κ1) is 27.4. The van der Waals surface area contributed by atoms with Crippen LogP contribution in [-0.2, 0) is 0 Å². The van der Waals surface area contributed by atoms with E-state index in [0.717, 1.165) is 11.1 Å². The van der Waals surface area contributed by atoms with Gasteiger partial charge in [0.05, 0.1) is 37.8 Å². The minimum atomic E-state index is -0.511. The van der Waals surface area contributed by atoms with Crippen LogP contribution in [0, 0.1) is 10.1 Å². The quantitative estimate of drug-likeness (QED) is 0.0848. The second-order valence-electron chi connectivity index (χ2n) is 7.59. The highest BCUT2D eigenvalue weighted by Gasteiger charge is 2.13. The summed E-state index contributed by atoms with van der Waals surface area (Å²) in [5.74, 6) is 1.90. The summed E-state index contributed by atoms with van der Waals surface area (Å²) in [6, 6.07) is 12.8. The van der Waals surface area contributed by atoms with Crippen LogP contribution in [0.2, 0.25) is 0 Å². The Morgan fingerprint density at radius 2 is 1.46 bits per heavy atom. The normalized spacial score (nSPS) is 11.1. The van der Waals surface area contributed by atoms with Crippen molar-refractivity contribution in [1.82, 2.24) is 0 Å². The van der Waals surface area contributed by atoms with Crippen molar-refractivity contribution >= 4 is 51.5 Å². The lowest BCUT2D eigenvalue weighted by molar-refractivity contribution is -0.384. The van der Waals surface area contributed by atoms with E-state index >= 15 is 0 Å². The molecule has 0 amide bonds. The molecule has 3 rings (SSSR count). The van der Waals surface area contributed by atoms with Gasteiger partial charge in [-0.2, -0.15) is 0 Å². The smallest absolute Gasteiger partial charge is 0.269 e. The van der Waals surface area contributed by atoms with E-state index < -0.39 is 4.92 Å². The maximum absolute atomic E-state index is 12.5. The summed E-state index contributed by atoms with van der Waals surface area (Å²) in [6.45, 7) is 0. The standard InChI is InChI=1S/C27H25BrN2O7/c1-34-24-15-18(16-25(35-2)27(24)37-4)6-5-17-13-21(28)26(36-3)22(14-17)29-12-11-23(31)19-7-9-20(10-8-19)30(32)33/h5-10,12-16H,11H2,1-4H3/b6-5-,29-12?. The predicted molar refractivity (Wildman–Crippen MR) is 146 cm³/mol. The third-order valence-corrected chi connectivity index (χ3v) is 5.90. The number of ketones is 1. The van der Waals surface area contributed by atoms with Gasteiger partial charge in [0.25, 0.3) is 5.69 Å². The Bertz CT molecular complexity index is 1330. The van der Waals surface area contributed by atoms with Crippen molar-refractivity contribution in [1.29, 1.82) is 0 Å². The number of nitro benzene ring substituents is 1. The molecule has 37 heavy (non-hydrogen) atoms. The third-order valence-electron chi connectivity index (χ3n) is 5.31. The summed E-state index contributed by atoms with van der Waals surface area (Å²) < 4.78 is 22.4. The minimum Gasteiger partial charge on any atom is -0.493 e. The van der Waals surface area contributed by atoms with Crippen LogP contribution in [0.5, 0.6) is 23.0 Å². The lowest BCUT2D eigenvalue weighted by atomic mass is 10.1. The summed E-state index contributed by atoms with van der Waals surface area (Å²) in [7, 11) is 6.20. The molecule has 0 heterocycles. The second kappa shape index (κ2) is 12.7. The van der Waals surface area contributed by atoms with Gasteiger partial charge in [-0.1, -0.05) is 12.2 Å². The van der Waals surface area contributed by atoms with Crippen LogP contribution in [0.1, 0.15) is 27.9 Å². The van der Waals surface area contributed by atoms with Gasteiger partial charge in [0, 0.05) is 30.3 Å². The number of rotatable bonds is 11. The van der Waals surface area contributed by atoms with E-state index in [1.807, 2.05) is 36.4 Å². The molecule has 0 aliphatic carbocycles. The van der Waals surface area contributed by atoms with Gasteiger partial charge in [0.2, 0.25) is 5.75 Å². The van der Waals surface area contributed by atoms with Crippen LogP contribution in [0.3, 0.4) is 0 Å². The number of carbonyl (C=O) groups excluding carboxylic acids is 1. The molecule has 0 saturated carbocycles. The first-order chi connectivity index (χ1) is 17.8. The van der Waals surface area contributed by atoms with Crippen LogP contribution >= 0.6 is 15.9 Å². The fourth-order valence-corrected chi connectivity index (χ4v) is 4.13. The number of carbonyl (C=O) groups is 1. The maximum atomic E-state index is 12.5. The van der Waals surface area contributed by atoms with E-state index in [-0.39, 0.29) is 17.9 Å². The molecule has 0 unspecified atom stereocenters. The number of halogens is 1. The number of aliphatic imine (C=N–C) groups is 1. The number of Topliss-reactive ketones (excluding diaryl/α,β-unsaturated/α-hetero) is 1. The number of nitrogens with zero attached hydrogens (tertiary/aromatic N) is 2. The van der Waals surface area contributed by atoms with Crippen molar-refractivity contribution in [3.63, 3.8) is 0 Å². The highest BCUT2D eigenvalue weighted by molar-refractivity contribution is 9.10. The molecule has 192 valence electrons. The lowest BCUT2D eigenvalue weighted by Gasteiger charge is -2.13. The average Bonchev–Trinajstić information content (AvgIpc) is 2.91. The highest BCUT2D eigenvalue weighted by Crippen LogP contribution is 2.39. The van der Waals surface area contributed by atoms with E-state index in [1.165, 1.54) is 37.6 Å². The minimum absolute atomic E-state index is 0.0179. The number of nitro groups is 1. The molecule has 3 aromatic carbocycles. The average molecular weight is 569 g/mol. The van der Waals surface area contributed by atoms with Gasteiger partial charge in [-0.05, 0) is 63.5 Å². The van der Waals surface area contributed by atoms with Crippen molar-refractivity contribution in [3.05, 3.63) is 79.8 Å². The van der Waals surface area contributed by atoms with Crippen molar-refractivity contribution in [2.75, 3.05) is 28.4 Å². The molecule has 0 aromatic heterocycles. The molecule has 0 bridgehead atoms. The molecule has 10 heteroatoms. The summed E-state index contributed by atoms with van der Waals surface area (Å²) in [5, 5.41) is 10.8. The van der Waals surface area contributed by atoms with E-state index in [4.69, 9.17) is 18.9 Å². The summed E-state index contributed by atoms with van der Waals surface area (Å²) in [6.07, 6.45) is 5.29. The summed E-state index contributed by atoms with van der Waals surface area (Å²) >= 11 is 3.51. The van der Waals surface area contributed by atoms with Crippen LogP contribution in [0.25, 0.3) is 12.2 Å². The lowest BCUT2D eigenvalue weighted by Crippen LogP contribution is -2.00. The van der Waals surface area contributed by atoms with Crippen molar-refractivity contribution in [3.8, 4) is 23.0 Å². The van der Waals surface area contributed by atoms with Gasteiger partial charge >= 0.3 is 0 Å². The molecule has 0 N–H and O–H groups in total. The van der Waals surface area contributed by atoms with E-state index in [1.54, 1.807) is 21.3 Å². The van der Waals surface area contributed by atoms with Crippen LogP contribution < -0.4 is 18.9 Å². The Morgan fingerprint density at radius 3 is 1.97 bits per heavy atom. The number of benzene rings is 3. The van der Waals surface area contributed by atoms with Crippen molar-refractivity contribution < 1.29 is 28.7 Å². The number of methoxy groups -OCH3 is 4. The van der Waals surface area contributed by atoms with Crippen molar-refractivity contribution in [2.24, 2.45) is 4.99 Å². The molecule has 0 radical (unpaired) electrons. The Labute approximate surface area is 222 Å². The Morgan fingerprint density at radius 1 is 0.892 bits per heavy atom. The number of hydrogen-bond donors (Lipinski definition) is 0. The van der Waals surface area contributed by atoms with Gasteiger partial charge in [0.1, 0.15) is 5.69 Å². The van der Waals surface area contributed by atoms with E-state index in [9.17, 15) is 14.9 Å². The molecule has 0 aliphatic heterocycles. The van der Waals surface area contributed by atoms with Gasteiger partial charge in [-0.15, -0.1) is 0 Å². The van der Waals surface area contributed by atoms with Crippen LogP contribution in [-0.4, -0.2) is 45.4 Å². The van der Waals surface area contributed by atoms with Gasteiger partial charge < -0.3 is 18.9 Å². The summed E-state index contributed by atoms with van der Waals surface area (Å²) in [5.41, 5.74) is 2.48. The zero-order valence-corrected chi connectivity index (χ0v) is 22.3. The van der Waals surface area contributed by atoms with Crippen LogP contribution in [0.15, 0.2) is 58.0 Å². The van der Waals surface area contributed by atoms with Gasteiger partial charge in [-0.3, -0.25) is 19.9 Å².